The van der Waals surface area contributed by atoms with Crippen molar-refractivity contribution in [2.24, 2.45) is 5.73 Å². The van der Waals surface area contributed by atoms with Gasteiger partial charge in [0.05, 0.1) is 18.1 Å². The number of ether oxygens (including phenoxy) is 3. The van der Waals surface area contributed by atoms with Crippen molar-refractivity contribution in [1.82, 2.24) is 0 Å². The van der Waals surface area contributed by atoms with E-state index in [2.05, 4.69) is 0 Å². The normalized spacial score (nSPS) is 16.2. The maximum absolute atomic E-state index is 14.2. The van der Waals surface area contributed by atoms with E-state index in [4.69, 9.17) is 31.5 Å². The van der Waals surface area contributed by atoms with Gasteiger partial charge in [0, 0.05) is 26.4 Å². The lowest BCUT2D eigenvalue weighted by Gasteiger charge is -2.36. The SMILES string of the molecule is CCOC(=O)C1=C(N)N(c2ccccc2)c2sc3cc(Cl)ccc3c(=O)c2C1c1ccc2c(c1)OCO2. The van der Waals surface area contributed by atoms with Gasteiger partial charge in [-0.15, -0.1) is 11.3 Å². The van der Waals surface area contributed by atoms with Gasteiger partial charge in [-0.3, -0.25) is 9.69 Å². The first-order chi connectivity index (χ1) is 18.0. The van der Waals surface area contributed by atoms with Crippen LogP contribution in [0, 0.1) is 0 Å². The van der Waals surface area contributed by atoms with Gasteiger partial charge in [-0.2, -0.15) is 0 Å². The Labute approximate surface area is 221 Å². The van der Waals surface area contributed by atoms with E-state index in [0.29, 0.717) is 48.4 Å². The van der Waals surface area contributed by atoms with E-state index in [1.165, 1.54) is 11.3 Å². The number of hydrogen-bond donors (Lipinski definition) is 1. The topological polar surface area (TPSA) is 91.1 Å². The first-order valence-corrected chi connectivity index (χ1v) is 12.8. The van der Waals surface area contributed by atoms with Crippen molar-refractivity contribution in [3.63, 3.8) is 0 Å². The number of carbonyl (C=O) groups excluding carboxylic acids is 1. The van der Waals surface area contributed by atoms with Crippen LogP contribution in [0.15, 0.2) is 82.9 Å². The summed E-state index contributed by atoms with van der Waals surface area (Å²) >= 11 is 7.68. The van der Waals surface area contributed by atoms with Crippen LogP contribution >= 0.6 is 22.9 Å². The molecule has 0 fully saturated rings. The molecule has 3 heterocycles. The number of halogens is 1. The molecule has 0 spiro atoms. The predicted molar refractivity (Wildman–Crippen MR) is 144 cm³/mol. The second-order valence-corrected chi connectivity index (χ2v) is 9.99. The lowest BCUT2D eigenvalue weighted by atomic mass is 9.82. The Morgan fingerprint density at radius 1 is 1.11 bits per heavy atom. The number of para-hydroxylation sites is 1. The van der Waals surface area contributed by atoms with Crippen LogP contribution in [-0.4, -0.2) is 19.4 Å². The van der Waals surface area contributed by atoms with Gasteiger partial charge in [0.25, 0.3) is 0 Å². The van der Waals surface area contributed by atoms with E-state index in [-0.39, 0.29) is 30.2 Å². The van der Waals surface area contributed by atoms with Crippen molar-refractivity contribution in [2.75, 3.05) is 18.3 Å². The third-order valence-corrected chi connectivity index (χ3v) is 7.80. The van der Waals surface area contributed by atoms with E-state index in [1.807, 2.05) is 36.4 Å². The van der Waals surface area contributed by atoms with E-state index in [9.17, 15) is 9.59 Å². The largest absolute Gasteiger partial charge is 0.463 e. The van der Waals surface area contributed by atoms with Crippen molar-refractivity contribution >= 4 is 49.7 Å². The number of carbonyl (C=O) groups is 1. The van der Waals surface area contributed by atoms with E-state index in [1.54, 1.807) is 42.2 Å². The molecule has 0 aliphatic carbocycles. The van der Waals surface area contributed by atoms with Gasteiger partial charge in [-0.25, -0.2) is 4.79 Å². The summed E-state index contributed by atoms with van der Waals surface area (Å²) in [5.41, 5.74) is 8.58. The van der Waals surface area contributed by atoms with Gasteiger partial charge in [0.15, 0.2) is 16.9 Å². The molecule has 2 aliphatic rings. The number of benzene rings is 3. The van der Waals surface area contributed by atoms with Crippen molar-refractivity contribution in [3.05, 3.63) is 104 Å². The molecule has 9 heteroatoms. The number of rotatable bonds is 4. The Hall–Kier alpha value is -4.01. The fourth-order valence-electron chi connectivity index (χ4n) is 4.80. The molecule has 1 atom stereocenters. The van der Waals surface area contributed by atoms with Gasteiger partial charge in [-0.1, -0.05) is 35.9 Å². The Balaban J connectivity index is 1.71. The number of anilines is 2. The van der Waals surface area contributed by atoms with Crippen LogP contribution in [0.1, 0.15) is 24.0 Å². The summed E-state index contributed by atoms with van der Waals surface area (Å²) < 4.78 is 17.3. The van der Waals surface area contributed by atoms with Crippen LogP contribution in [0.5, 0.6) is 11.5 Å². The number of esters is 1. The lowest BCUT2D eigenvalue weighted by Crippen LogP contribution is -2.37. The zero-order chi connectivity index (χ0) is 25.7. The van der Waals surface area contributed by atoms with Crippen LogP contribution in [0.3, 0.4) is 0 Å². The van der Waals surface area contributed by atoms with Crippen LogP contribution in [0.4, 0.5) is 10.7 Å². The first-order valence-electron chi connectivity index (χ1n) is 11.7. The maximum atomic E-state index is 14.2. The summed E-state index contributed by atoms with van der Waals surface area (Å²) in [4.78, 5) is 29.4. The van der Waals surface area contributed by atoms with Crippen molar-refractivity contribution < 1.29 is 19.0 Å². The zero-order valence-corrected chi connectivity index (χ0v) is 21.3. The van der Waals surface area contributed by atoms with Crippen molar-refractivity contribution in [1.29, 1.82) is 0 Å². The minimum absolute atomic E-state index is 0.102. The van der Waals surface area contributed by atoms with Crippen molar-refractivity contribution in [3.8, 4) is 11.5 Å². The molecule has 1 unspecified atom stereocenters. The average molecular weight is 533 g/mol. The van der Waals surface area contributed by atoms with Gasteiger partial charge >= 0.3 is 5.97 Å². The second-order valence-electron chi connectivity index (χ2n) is 8.53. The van der Waals surface area contributed by atoms with E-state index >= 15 is 0 Å². The Morgan fingerprint density at radius 3 is 2.68 bits per heavy atom. The minimum atomic E-state index is -0.785. The molecule has 2 aliphatic heterocycles. The van der Waals surface area contributed by atoms with Gasteiger partial charge in [0.2, 0.25) is 6.79 Å². The molecule has 0 saturated heterocycles. The van der Waals surface area contributed by atoms with Crippen LogP contribution in [-0.2, 0) is 9.53 Å². The summed E-state index contributed by atoms with van der Waals surface area (Å²) in [6.45, 7) is 1.99. The minimum Gasteiger partial charge on any atom is -0.463 e. The second kappa shape index (κ2) is 9.14. The highest BCUT2D eigenvalue weighted by Crippen LogP contribution is 2.50. The monoisotopic (exact) mass is 532 g/mol. The maximum Gasteiger partial charge on any atom is 0.338 e. The molecular formula is C28H21ClN2O5S. The Kier molecular flexibility index (Phi) is 5.78. The highest BCUT2D eigenvalue weighted by molar-refractivity contribution is 7.22. The summed E-state index contributed by atoms with van der Waals surface area (Å²) in [6.07, 6.45) is 0. The number of hydrogen-bond acceptors (Lipinski definition) is 8. The molecular weight excluding hydrogens is 512 g/mol. The first kappa shape index (κ1) is 23.4. The Morgan fingerprint density at radius 2 is 1.89 bits per heavy atom. The van der Waals surface area contributed by atoms with E-state index < -0.39 is 11.9 Å². The molecule has 0 radical (unpaired) electrons. The third kappa shape index (κ3) is 3.80. The van der Waals surface area contributed by atoms with Gasteiger partial charge in [-0.05, 0) is 55.0 Å². The molecule has 1 aromatic heterocycles. The zero-order valence-electron chi connectivity index (χ0n) is 19.7. The fraction of sp³-hybridized carbons (Fsp3) is 0.143. The summed E-state index contributed by atoms with van der Waals surface area (Å²) in [5, 5.41) is 1.64. The lowest BCUT2D eigenvalue weighted by molar-refractivity contribution is -0.138. The Bertz CT molecular complexity index is 1650. The summed E-state index contributed by atoms with van der Waals surface area (Å²) in [6, 6.07) is 19.9. The van der Waals surface area contributed by atoms with Gasteiger partial charge in [0.1, 0.15) is 10.8 Å². The molecule has 186 valence electrons. The fourth-order valence-corrected chi connectivity index (χ4v) is 6.32. The molecule has 2 N–H and O–H groups in total. The smallest absolute Gasteiger partial charge is 0.338 e. The molecule has 6 rings (SSSR count). The molecule has 7 nitrogen and oxygen atoms in total. The van der Waals surface area contributed by atoms with Crippen LogP contribution < -0.4 is 25.5 Å². The average Bonchev–Trinajstić information content (AvgIpc) is 3.36. The quantitative estimate of drug-likeness (QED) is 0.339. The number of nitrogens with two attached hydrogens (primary N) is 1. The molecule has 37 heavy (non-hydrogen) atoms. The molecule has 0 bridgehead atoms. The highest BCUT2D eigenvalue weighted by atomic mass is 35.5. The molecule has 3 aromatic carbocycles. The van der Waals surface area contributed by atoms with Crippen LogP contribution in [0.2, 0.25) is 5.02 Å². The standard InChI is InChI=1S/C28H21ClN2O5S/c1-2-34-28(33)24-22(15-8-11-19-20(12-15)36-14-35-19)23-25(32)18-10-9-16(29)13-21(18)37-27(23)31(26(24)30)17-6-4-3-5-7-17/h3-13,22H,2,14,30H2,1H3. The van der Waals surface area contributed by atoms with Gasteiger partial charge < -0.3 is 19.9 Å². The highest BCUT2D eigenvalue weighted by Gasteiger charge is 2.41. The summed E-state index contributed by atoms with van der Waals surface area (Å²) in [7, 11) is 0. The summed E-state index contributed by atoms with van der Waals surface area (Å²) in [5.74, 6) is -0.0484. The van der Waals surface area contributed by atoms with Crippen molar-refractivity contribution in [2.45, 2.75) is 12.8 Å². The molecule has 4 aromatic rings. The number of fused-ring (bicyclic) bond motifs is 3. The third-order valence-electron chi connectivity index (χ3n) is 6.41. The predicted octanol–water partition coefficient (Wildman–Crippen LogP) is 5.66. The molecule has 0 saturated carbocycles. The van der Waals surface area contributed by atoms with E-state index in [0.717, 1.165) is 0 Å². The van der Waals surface area contributed by atoms with Crippen LogP contribution in [0.25, 0.3) is 10.1 Å². The number of nitrogens with zero attached hydrogens (tertiary/aromatic N) is 1. The molecule has 0 amide bonds.